The molecule has 0 aliphatic heterocycles. The van der Waals surface area contributed by atoms with Crippen molar-refractivity contribution in [2.75, 3.05) is 0 Å². The topological polar surface area (TPSA) is 55.5 Å². The van der Waals surface area contributed by atoms with Crippen LogP contribution in [-0.4, -0.2) is 5.11 Å². The van der Waals surface area contributed by atoms with Gasteiger partial charge in [0.1, 0.15) is 18.1 Å². The van der Waals surface area contributed by atoms with Gasteiger partial charge in [0.15, 0.2) is 0 Å². The number of phenolic OH excluding ortho intramolecular Hbond substituents is 1. The Balaban J connectivity index is 1.67. The van der Waals surface area contributed by atoms with Crippen molar-refractivity contribution in [3.05, 3.63) is 59.7 Å². The second-order valence-corrected chi connectivity index (χ2v) is 5.36. The van der Waals surface area contributed by atoms with Crippen LogP contribution in [0.5, 0.6) is 11.5 Å². The van der Waals surface area contributed by atoms with E-state index in [4.69, 9.17) is 10.5 Å². The number of hydrogen-bond acceptors (Lipinski definition) is 3. The van der Waals surface area contributed by atoms with Crippen LogP contribution in [0.4, 0.5) is 0 Å². The normalized spacial score (nSPS) is 15.8. The summed E-state index contributed by atoms with van der Waals surface area (Å²) in [6.07, 6.45) is 2.32. The van der Waals surface area contributed by atoms with Gasteiger partial charge >= 0.3 is 0 Å². The van der Waals surface area contributed by atoms with Crippen LogP contribution in [-0.2, 0) is 6.61 Å². The van der Waals surface area contributed by atoms with Gasteiger partial charge in [-0.05, 0) is 30.4 Å². The minimum absolute atomic E-state index is 0.0572. The van der Waals surface area contributed by atoms with Crippen molar-refractivity contribution in [1.29, 1.82) is 0 Å². The van der Waals surface area contributed by atoms with E-state index in [1.807, 2.05) is 42.5 Å². The molecule has 20 heavy (non-hydrogen) atoms. The Labute approximate surface area is 119 Å². The van der Waals surface area contributed by atoms with Gasteiger partial charge in [-0.15, -0.1) is 0 Å². The molecule has 3 N–H and O–H groups in total. The number of phenols is 1. The van der Waals surface area contributed by atoms with Crippen LogP contribution >= 0.6 is 0 Å². The first-order valence-electron chi connectivity index (χ1n) is 6.99. The highest BCUT2D eigenvalue weighted by Gasteiger charge is 2.30. The zero-order chi connectivity index (χ0) is 13.9. The summed E-state index contributed by atoms with van der Waals surface area (Å²) in [5.74, 6) is 1.42. The molecule has 3 nitrogen and oxygen atoms in total. The van der Waals surface area contributed by atoms with Crippen molar-refractivity contribution in [3.8, 4) is 11.5 Å². The molecule has 3 heteroatoms. The van der Waals surface area contributed by atoms with Gasteiger partial charge in [-0.25, -0.2) is 0 Å². The molecule has 1 atom stereocenters. The lowest BCUT2D eigenvalue weighted by atomic mass is 10.0. The maximum atomic E-state index is 10.1. The number of benzene rings is 2. The second kappa shape index (κ2) is 5.55. The van der Waals surface area contributed by atoms with Crippen LogP contribution in [0, 0.1) is 5.92 Å². The van der Waals surface area contributed by atoms with Crippen molar-refractivity contribution in [1.82, 2.24) is 0 Å². The molecule has 0 spiro atoms. The molecule has 3 rings (SSSR count). The SMILES string of the molecule is N[C@@H](c1ccc(OCc2ccccc2)cc1O)C1CC1. The van der Waals surface area contributed by atoms with Crippen LogP contribution in [0.15, 0.2) is 48.5 Å². The number of aromatic hydroxyl groups is 1. The minimum Gasteiger partial charge on any atom is -0.507 e. The molecule has 0 amide bonds. The van der Waals surface area contributed by atoms with Gasteiger partial charge in [0.2, 0.25) is 0 Å². The lowest BCUT2D eigenvalue weighted by Gasteiger charge is -2.14. The van der Waals surface area contributed by atoms with Crippen LogP contribution in [0.1, 0.15) is 30.0 Å². The first kappa shape index (κ1) is 13.0. The minimum atomic E-state index is -0.0572. The lowest BCUT2D eigenvalue weighted by molar-refractivity contribution is 0.304. The van der Waals surface area contributed by atoms with Gasteiger partial charge in [0.05, 0.1) is 0 Å². The highest BCUT2D eigenvalue weighted by molar-refractivity contribution is 5.42. The molecule has 0 bridgehead atoms. The Hall–Kier alpha value is -2.00. The zero-order valence-corrected chi connectivity index (χ0v) is 11.3. The summed E-state index contributed by atoms with van der Waals surface area (Å²) in [4.78, 5) is 0. The fraction of sp³-hybridized carbons (Fsp3) is 0.294. The van der Waals surface area contributed by atoms with E-state index in [0.717, 1.165) is 24.0 Å². The molecule has 1 saturated carbocycles. The quantitative estimate of drug-likeness (QED) is 0.875. The van der Waals surface area contributed by atoms with Gasteiger partial charge in [0, 0.05) is 17.7 Å². The standard InChI is InChI=1S/C17H19NO2/c18-17(13-6-7-13)15-9-8-14(10-16(15)19)20-11-12-4-2-1-3-5-12/h1-5,8-10,13,17,19H,6-7,11,18H2/t17-/m1/s1. The largest absolute Gasteiger partial charge is 0.507 e. The number of rotatable bonds is 5. The molecule has 0 unspecified atom stereocenters. The van der Waals surface area contributed by atoms with Crippen molar-refractivity contribution in [2.45, 2.75) is 25.5 Å². The van der Waals surface area contributed by atoms with Crippen LogP contribution < -0.4 is 10.5 Å². The molecule has 0 aromatic heterocycles. The first-order valence-corrected chi connectivity index (χ1v) is 6.99. The van der Waals surface area contributed by atoms with Gasteiger partial charge in [-0.3, -0.25) is 0 Å². The lowest BCUT2D eigenvalue weighted by Crippen LogP contribution is -2.12. The van der Waals surface area contributed by atoms with Crippen molar-refractivity contribution in [3.63, 3.8) is 0 Å². The van der Waals surface area contributed by atoms with E-state index < -0.39 is 0 Å². The monoisotopic (exact) mass is 269 g/mol. The fourth-order valence-electron chi connectivity index (χ4n) is 2.35. The van der Waals surface area contributed by atoms with Crippen LogP contribution in [0.3, 0.4) is 0 Å². The second-order valence-electron chi connectivity index (χ2n) is 5.36. The van der Waals surface area contributed by atoms with Gasteiger partial charge < -0.3 is 15.6 Å². The van der Waals surface area contributed by atoms with E-state index in [0.29, 0.717) is 18.3 Å². The van der Waals surface area contributed by atoms with Crippen LogP contribution in [0.2, 0.25) is 0 Å². The van der Waals surface area contributed by atoms with E-state index in [1.54, 1.807) is 6.07 Å². The Morgan fingerprint density at radius 1 is 1.15 bits per heavy atom. The molecular formula is C17H19NO2. The van der Waals surface area contributed by atoms with Crippen molar-refractivity contribution < 1.29 is 9.84 Å². The summed E-state index contributed by atoms with van der Waals surface area (Å²) in [5.41, 5.74) is 8.04. The van der Waals surface area contributed by atoms with E-state index >= 15 is 0 Å². The molecule has 104 valence electrons. The molecule has 2 aromatic rings. The maximum absolute atomic E-state index is 10.1. The molecule has 1 aliphatic rings. The molecule has 0 heterocycles. The zero-order valence-electron chi connectivity index (χ0n) is 11.3. The molecule has 2 aromatic carbocycles. The predicted octanol–water partition coefficient (Wildman–Crippen LogP) is 3.38. The first-order chi connectivity index (χ1) is 9.74. The predicted molar refractivity (Wildman–Crippen MR) is 78.5 cm³/mol. The molecule has 1 fully saturated rings. The van der Waals surface area contributed by atoms with Gasteiger partial charge in [0.25, 0.3) is 0 Å². The third kappa shape index (κ3) is 2.94. The average molecular weight is 269 g/mol. The van der Waals surface area contributed by atoms with E-state index in [-0.39, 0.29) is 11.8 Å². The molecule has 0 radical (unpaired) electrons. The fourth-order valence-corrected chi connectivity index (χ4v) is 2.35. The van der Waals surface area contributed by atoms with Crippen molar-refractivity contribution >= 4 is 0 Å². The Morgan fingerprint density at radius 3 is 2.55 bits per heavy atom. The van der Waals surface area contributed by atoms with Crippen LogP contribution in [0.25, 0.3) is 0 Å². The number of ether oxygens (including phenoxy) is 1. The highest BCUT2D eigenvalue weighted by atomic mass is 16.5. The molecular weight excluding hydrogens is 250 g/mol. The summed E-state index contributed by atoms with van der Waals surface area (Å²) in [5, 5.41) is 10.1. The Kier molecular flexibility index (Phi) is 3.61. The third-order valence-corrected chi connectivity index (χ3v) is 3.74. The number of nitrogens with two attached hydrogens (primary N) is 1. The maximum Gasteiger partial charge on any atom is 0.124 e. The summed E-state index contributed by atoms with van der Waals surface area (Å²) in [7, 11) is 0. The van der Waals surface area contributed by atoms with Gasteiger partial charge in [-0.1, -0.05) is 36.4 Å². The summed E-state index contributed by atoms with van der Waals surface area (Å²) in [6, 6.07) is 15.3. The molecule has 1 aliphatic carbocycles. The smallest absolute Gasteiger partial charge is 0.124 e. The Bertz CT molecular complexity index is 579. The number of hydrogen-bond donors (Lipinski definition) is 2. The summed E-state index contributed by atoms with van der Waals surface area (Å²) in [6.45, 7) is 0.494. The van der Waals surface area contributed by atoms with E-state index in [2.05, 4.69) is 0 Å². The highest BCUT2D eigenvalue weighted by Crippen LogP contribution is 2.42. The summed E-state index contributed by atoms with van der Waals surface area (Å²) >= 11 is 0. The van der Waals surface area contributed by atoms with E-state index in [9.17, 15) is 5.11 Å². The van der Waals surface area contributed by atoms with E-state index in [1.165, 1.54) is 0 Å². The third-order valence-electron chi connectivity index (χ3n) is 3.74. The Morgan fingerprint density at radius 2 is 1.90 bits per heavy atom. The van der Waals surface area contributed by atoms with Gasteiger partial charge in [-0.2, -0.15) is 0 Å². The summed E-state index contributed by atoms with van der Waals surface area (Å²) < 4.78 is 5.68. The average Bonchev–Trinajstić information content (AvgIpc) is 3.30. The van der Waals surface area contributed by atoms with Crippen molar-refractivity contribution in [2.24, 2.45) is 11.7 Å². The molecule has 0 saturated heterocycles.